The van der Waals surface area contributed by atoms with Crippen molar-refractivity contribution < 1.29 is 27.4 Å². The van der Waals surface area contributed by atoms with Crippen LogP contribution in [0.3, 0.4) is 0 Å². The summed E-state index contributed by atoms with van der Waals surface area (Å²) in [6.07, 6.45) is 1.52. The third-order valence-corrected chi connectivity index (χ3v) is 8.80. The summed E-state index contributed by atoms with van der Waals surface area (Å²) in [5.41, 5.74) is 1.73. The van der Waals surface area contributed by atoms with Crippen molar-refractivity contribution in [2.75, 3.05) is 38.0 Å². The predicted octanol–water partition coefficient (Wildman–Crippen LogP) is 4.00. The standard InChI is InChI=1S/C24H28N2O6S2/c1-16-6-11-20(31-3)22-23(16)33-24(25-22)26(15-18-5-4-13-32-18)21(27)12-14-34(28,29)19-9-7-17(30-2)8-10-19/h6-11,18H,4-5,12-15H2,1-3H3. The fourth-order valence-electron chi connectivity index (χ4n) is 3.91. The Bertz CT molecular complexity index is 1260. The highest BCUT2D eigenvalue weighted by Crippen LogP contribution is 2.37. The number of carbonyl (C=O) groups is 1. The molecule has 2 aromatic carbocycles. The Hall–Kier alpha value is -2.69. The Kier molecular flexibility index (Phi) is 7.39. The second-order valence-electron chi connectivity index (χ2n) is 8.14. The molecule has 0 aliphatic carbocycles. The molecule has 1 aromatic heterocycles. The maximum atomic E-state index is 13.3. The molecule has 1 aliphatic heterocycles. The van der Waals surface area contributed by atoms with Crippen LogP contribution in [0.5, 0.6) is 11.5 Å². The molecule has 0 radical (unpaired) electrons. The fraction of sp³-hybridized carbons (Fsp3) is 0.417. The third kappa shape index (κ3) is 5.18. The van der Waals surface area contributed by atoms with E-state index in [0.717, 1.165) is 23.1 Å². The molecular formula is C24H28N2O6S2. The van der Waals surface area contributed by atoms with E-state index in [0.29, 0.717) is 35.3 Å². The summed E-state index contributed by atoms with van der Waals surface area (Å²) in [5.74, 6) is 0.602. The first-order valence-corrected chi connectivity index (χ1v) is 13.5. The third-order valence-electron chi connectivity index (χ3n) is 5.86. The summed E-state index contributed by atoms with van der Waals surface area (Å²) in [7, 11) is -0.533. The highest BCUT2D eigenvalue weighted by atomic mass is 32.2. The number of rotatable bonds is 9. The number of benzene rings is 2. The van der Waals surface area contributed by atoms with Crippen molar-refractivity contribution in [2.45, 2.75) is 37.2 Å². The van der Waals surface area contributed by atoms with Gasteiger partial charge in [0.25, 0.3) is 0 Å². The van der Waals surface area contributed by atoms with E-state index in [4.69, 9.17) is 19.2 Å². The van der Waals surface area contributed by atoms with E-state index in [1.54, 1.807) is 24.1 Å². The minimum absolute atomic E-state index is 0.0999. The number of aryl methyl sites for hydroxylation is 1. The van der Waals surface area contributed by atoms with Gasteiger partial charge in [-0.15, -0.1) is 0 Å². The number of fused-ring (bicyclic) bond motifs is 1. The first-order chi connectivity index (χ1) is 16.3. The van der Waals surface area contributed by atoms with Gasteiger partial charge in [0, 0.05) is 13.0 Å². The second kappa shape index (κ2) is 10.3. The van der Waals surface area contributed by atoms with Crippen LogP contribution in [0.25, 0.3) is 10.2 Å². The summed E-state index contributed by atoms with van der Waals surface area (Å²) in [5, 5.41) is 0.518. The van der Waals surface area contributed by atoms with Gasteiger partial charge in [0.2, 0.25) is 5.91 Å². The van der Waals surface area contributed by atoms with E-state index in [1.165, 1.54) is 30.6 Å². The Balaban J connectivity index is 1.58. The molecule has 4 rings (SSSR count). The van der Waals surface area contributed by atoms with Gasteiger partial charge in [0.1, 0.15) is 17.0 Å². The number of aromatic nitrogens is 1. The maximum absolute atomic E-state index is 13.3. The number of hydrogen-bond acceptors (Lipinski definition) is 8. The van der Waals surface area contributed by atoms with Crippen molar-refractivity contribution >= 4 is 42.4 Å². The molecule has 34 heavy (non-hydrogen) atoms. The van der Waals surface area contributed by atoms with Crippen molar-refractivity contribution in [1.82, 2.24) is 4.98 Å². The van der Waals surface area contributed by atoms with Crippen LogP contribution in [0, 0.1) is 6.92 Å². The fourth-order valence-corrected chi connectivity index (χ4v) is 6.22. The van der Waals surface area contributed by atoms with Gasteiger partial charge in [-0.05, 0) is 55.7 Å². The number of methoxy groups -OCH3 is 2. The summed E-state index contributed by atoms with van der Waals surface area (Å²) in [6.45, 7) is 2.98. The SMILES string of the molecule is COc1ccc(S(=O)(=O)CCC(=O)N(CC2CCCO2)c2nc3c(OC)ccc(C)c3s2)cc1. The zero-order chi connectivity index (χ0) is 24.3. The van der Waals surface area contributed by atoms with E-state index in [1.807, 2.05) is 19.1 Å². The number of carbonyl (C=O) groups excluding carboxylic acids is 1. The summed E-state index contributed by atoms with van der Waals surface area (Å²) < 4.78 is 42.9. The molecule has 2 heterocycles. The number of ether oxygens (including phenoxy) is 3. The van der Waals surface area contributed by atoms with Crippen molar-refractivity contribution in [3.05, 3.63) is 42.0 Å². The van der Waals surface area contributed by atoms with Crippen molar-refractivity contribution in [2.24, 2.45) is 0 Å². The highest BCUT2D eigenvalue weighted by molar-refractivity contribution is 7.91. The molecule has 182 valence electrons. The topological polar surface area (TPSA) is 95.0 Å². The minimum Gasteiger partial charge on any atom is -0.497 e. The predicted molar refractivity (Wildman–Crippen MR) is 132 cm³/mol. The number of thiazole rings is 1. The van der Waals surface area contributed by atoms with Gasteiger partial charge < -0.3 is 14.2 Å². The Labute approximate surface area is 203 Å². The Morgan fingerprint density at radius 2 is 1.94 bits per heavy atom. The van der Waals surface area contributed by atoms with Gasteiger partial charge in [-0.2, -0.15) is 0 Å². The van der Waals surface area contributed by atoms with Gasteiger partial charge in [-0.1, -0.05) is 17.4 Å². The van der Waals surface area contributed by atoms with E-state index >= 15 is 0 Å². The van der Waals surface area contributed by atoms with Gasteiger partial charge >= 0.3 is 0 Å². The molecule has 3 aromatic rings. The summed E-state index contributed by atoms with van der Waals surface area (Å²) in [4.78, 5) is 19.8. The number of nitrogens with zero attached hydrogens (tertiary/aromatic N) is 2. The van der Waals surface area contributed by atoms with Crippen LogP contribution in [-0.4, -0.2) is 58.5 Å². The molecular weight excluding hydrogens is 476 g/mol. The van der Waals surface area contributed by atoms with Crippen LogP contribution in [0.1, 0.15) is 24.8 Å². The largest absolute Gasteiger partial charge is 0.497 e. The average Bonchev–Trinajstić information content (AvgIpc) is 3.52. The van der Waals surface area contributed by atoms with E-state index in [9.17, 15) is 13.2 Å². The van der Waals surface area contributed by atoms with Gasteiger partial charge in [-0.25, -0.2) is 13.4 Å². The van der Waals surface area contributed by atoms with E-state index in [-0.39, 0.29) is 29.1 Å². The lowest BCUT2D eigenvalue weighted by molar-refractivity contribution is -0.118. The quantitative estimate of drug-likeness (QED) is 0.435. The molecule has 0 spiro atoms. The molecule has 0 bridgehead atoms. The van der Waals surface area contributed by atoms with Crippen LogP contribution >= 0.6 is 11.3 Å². The Morgan fingerprint density at radius 3 is 2.59 bits per heavy atom. The normalized spacial score (nSPS) is 16.0. The van der Waals surface area contributed by atoms with E-state index in [2.05, 4.69) is 0 Å². The van der Waals surface area contributed by atoms with Crippen molar-refractivity contribution in [1.29, 1.82) is 0 Å². The number of anilines is 1. The van der Waals surface area contributed by atoms with Gasteiger partial charge in [-0.3, -0.25) is 9.69 Å². The summed E-state index contributed by atoms with van der Waals surface area (Å²) in [6, 6.07) is 9.98. The van der Waals surface area contributed by atoms with Crippen LogP contribution in [0.15, 0.2) is 41.3 Å². The molecule has 8 nitrogen and oxygen atoms in total. The minimum atomic E-state index is -3.64. The number of amides is 1. The van der Waals surface area contributed by atoms with Crippen LogP contribution < -0.4 is 14.4 Å². The molecule has 1 unspecified atom stereocenters. The van der Waals surface area contributed by atoms with Gasteiger partial charge in [0.05, 0.1) is 42.2 Å². The van der Waals surface area contributed by atoms with E-state index < -0.39 is 9.84 Å². The molecule has 1 amide bonds. The highest BCUT2D eigenvalue weighted by Gasteiger charge is 2.28. The first kappa shape index (κ1) is 24.4. The molecule has 1 aliphatic rings. The molecule has 0 saturated carbocycles. The lowest BCUT2D eigenvalue weighted by Crippen LogP contribution is -2.38. The lowest BCUT2D eigenvalue weighted by atomic mass is 10.2. The van der Waals surface area contributed by atoms with Crippen molar-refractivity contribution in [3.63, 3.8) is 0 Å². The second-order valence-corrected chi connectivity index (χ2v) is 11.2. The molecule has 0 N–H and O–H groups in total. The zero-order valence-corrected chi connectivity index (χ0v) is 21.1. The number of sulfone groups is 1. The molecule has 1 fully saturated rings. The van der Waals surface area contributed by atoms with Crippen LogP contribution in [-0.2, 0) is 19.4 Å². The number of hydrogen-bond donors (Lipinski definition) is 0. The monoisotopic (exact) mass is 504 g/mol. The summed E-state index contributed by atoms with van der Waals surface area (Å²) >= 11 is 1.40. The first-order valence-electron chi connectivity index (χ1n) is 11.1. The van der Waals surface area contributed by atoms with Crippen LogP contribution in [0.2, 0.25) is 0 Å². The average molecular weight is 505 g/mol. The lowest BCUT2D eigenvalue weighted by Gasteiger charge is -2.23. The smallest absolute Gasteiger partial charge is 0.229 e. The molecule has 10 heteroatoms. The molecule has 1 atom stereocenters. The maximum Gasteiger partial charge on any atom is 0.229 e. The molecule has 1 saturated heterocycles. The van der Waals surface area contributed by atoms with Gasteiger partial charge in [0.15, 0.2) is 15.0 Å². The Morgan fingerprint density at radius 1 is 1.18 bits per heavy atom. The van der Waals surface area contributed by atoms with Crippen molar-refractivity contribution in [3.8, 4) is 11.5 Å². The zero-order valence-electron chi connectivity index (χ0n) is 19.4. The van der Waals surface area contributed by atoms with Crippen LogP contribution in [0.4, 0.5) is 5.13 Å².